The molecular weight excluding hydrogens is 234 g/mol. The number of nitro groups is 1. The fourth-order valence-electron chi connectivity index (χ4n) is 1.78. The van der Waals surface area contributed by atoms with Gasteiger partial charge in [-0.25, -0.2) is 0 Å². The zero-order valence-corrected chi connectivity index (χ0v) is 10.7. The molecule has 0 heterocycles. The number of non-ortho nitro benzene ring substituents is 1. The van der Waals surface area contributed by atoms with Crippen LogP contribution >= 0.6 is 0 Å². The van der Waals surface area contributed by atoms with Crippen molar-refractivity contribution in [3.63, 3.8) is 0 Å². The van der Waals surface area contributed by atoms with Crippen LogP contribution in [0, 0.1) is 10.1 Å². The van der Waals surface area contributed by atoms with E-state index >= 15 is 0 Å². The number of nitro benzene ring substituents is 1. The lowest BCUT2D eigenvalue weighted by molar-refractivity contribution is -0.384. The van der Waals surface area contributed by atoms with E-state index in [9.17, 15) is 10.1 Å². The quantitative estimate of drug-likeness (QED) is 0.568. The number of anilines is 1. The van der Waals surface area contributed by atoms with E-state index in [-0.39, 0.29) is 12.3 Å². The number of hydrogen-bond donors (Lipinski definition) is 2. The fraction of sp³-hybridized carbons (Fsp3) is 0.500. The Morgan fingerprint density at radius 2 is 2.22 bits per heavy atom. The van der Waals surface area contributed by atoms with Crippen LogP contribution in [0.5, 0.6) is 0 Å². The molecule has 0 saturated carbocycles. The number of nitrogens with zero attached hydrogens (tertiary/aromatic N) is 2. The van der Waals surface area contributed by atoms with Crippen molar-refractivity contribution in [2.75, 3.05) is 32.6 Å². The van der Waals surface area contributed by atoms with Gasteiger partial charge in [0.25, 0.3) is 5.69 Å². The molecule has 1 aromatic rings. The smallest absolute Gasteiger partial charge is 0.269 e. The molecule has 6 heteroatoms. The van der Waals surface area contributed by atoms with Crippen LogP contribution in [0.25, 0.3) is 0 Å². The highest BCUT2D eigenvalue weighted by atomic mass is 16.6. The Morgan fingerprint density at radius 3 is 2.78 bits per heavy atom. The molecule has 0 aliphatic carbocycles. The molecule has 0 spiro atoms. The standard InChI is InChI=1S/C12H19N3O3/c1-13-12-5-4-11(15(17)18)8-10(12)9-14(2)6-3-7-16/h4-5,8,13,16H,3,6-7,9H2,1-2H3. The van der Waals surface area contributed by atoms with Crippen molar-refractivity contribution < 1.29 is 10.0 Å². The Bertz CT molecular complexity index is 410. The zero-order valence-electron chi connectivity index (χ0n) is 10.7. The third-order valence-electron chi connectivity index (χ3n) is 2.71. The van der Waals surface area contributed by atoms with E-state index in [1.807, 2.05) is 11.9 Å². The summed E-state index contributed by atoms with van der Waals surface area (Å²) in [6.07, 6.45) is 0.695. The van der Waals surface area contributed by atoms with Crippen LogP contribution in [0.15, 0.2) is 18.2 Å². The molecule has 0 aliphatic heterocycles. The lowest BCUT2D eigenvalue weighted by Gasteiger charge is -2.18. The number of nitrogens with one attached hydrogen (secondary N) is 1. The molecule has 0 radical (unpaired) electrons. The van der Waals surface area contributed by atoms with E-state index < -0.39 is 4.92 Å². The molecule has 100 valence electrons. The molecule has 6 nitrogen and oxygen atoms in total. The molecule has 0 aromatic heterocycles. The molecule has 0 saturated heterocycles. The zero-order chi connectivity index (χ0) is 13.5. The normalized spacial score (nSPS) is 10.7. The van der Waals surface area contributed by atoms with E-state index in [4.69, 9.17) is 5.11 Å². The van der Waals surface area contributed by atoms with Crippen molar-refractivity contribution in [1.29, 1.82) is 0 Å². The summed E-state index contributed by atoms with van der Waals surface area (Å²) in [6, 6.07) is 4.79. The summed E-state index contributed by atoms with van der Waals surface area (Å²) in [6.45, 7) is 1.51. The highest BCUT2D eigenvalue weighted by Crippen LogP contribution is 2.22. The first kappa shape index (κ1) is 14.4. The van der Waals surface area contributed by atoms with Crippen LogP contribution in [0.3, 0.4) is 0 Å². The van der Waals surface area contributed by atoms with Crippen molar-refractivity contribution in [2.45, 2.75) is 13.0 Å². The fourth-order valence-corrected chi connectivity index (χ4v) is 1.78. The third kappa shape index (κ3) is 3.97. The van der Waals surface area contributed by atoms with Gasteiger partial charge in [0.05, 0.1) is 4.92 Å². The monoisotopic (exact) mass is 253 g/mol. The van der Waals surface area contributed by atoms with E-state index in [0.717, 1.165) is 17.8 Å². The van der Waals surface area contributed by atoms with Crippen LogP contribution in [-0.2, 0) is 6.54 Å². The Morgan fingerprint density at radius 1 is 1.50 bits per heavy atom. The second-order valence-electron chi connectivity index (χ2n) is 4.16. The average Bonchev–Trinajstić information content (AvgIpc) is 2.36. The first-order chi connectivity index (χ1) is 8.58. The van der Waals surface area contributed by atoms with Gasteiger partial charge >= 0.3 is 0 Å². The maximum Gasteiger partial charge on any atom is 0.269 e. The second-order valence-corrected chi connectivity index (χ2v) is 4.16. The summed E-state index contributed by atoms with van der Waals surface area (Å²) in [7, 11) is 3.71. The average molecular weight is 253 g/mol. The van der Waals surface area contributed by atoms with Crippen molar-refractivity contribution in [3.05, 3.63) is 33.9 Å². The molecule has 18 heavy (non-hydrogen) atoms. The van der Waals surface area contributed by atoms with Gasteiger partial charge in [-0.05, 0) is 25.1 Å². The van der Waals surface area contributed by atoms with Crippen molar-refractivity contribution in [1.82, 2.24) is 4.90 Å². The summed E-state index contributed by atoms with van der Waals surface area (Å²) in [5.74, 6) is 0. The minimum atomic E-state index is -0.392. The van der Waals surface area contributed by atoms with Crippen LogP contribution in [0.2, 0.25) is 0 Å². The van der Waals surface area contributed by atoms with Gasteiger partial charge in [-0.1, -0.05) is 0 Å². The molecule has 2 N–H and O–H groups in total. The topological polar surface area (TPSA) is 78.6 Å². The predicted molar refractivity (Wildman–Crippen MR) is 70.7 cm³/mol. The largest absolute Gasteiger partial charge is 0.396 e. The highest BCUT2D eigenvalue weighted by Gasteiger charge is 2.11. The first-order valence-corrected chi connectivity index (χ1v) is 5.83. The van der Waals surface area contributed by atoms with Crippen molar-refractivity contribution >= 4 is 11.4 Å². The minimum absolute atomic E-state index is 0.0968. The number of aliphatic hydroxyl groups excluding tert-OH is 1. The van der Waals surface area contributed by atoms with Gasteiger partial charge in [0.1, 0.15) is 0 Å². The molecule has 0 amide bonds. The van der Waals surface area contributed by atoms with Gasteiger partial charge in [-0.3, -0.25) is 10.1 Å². The molecule has 1 aromatic carbocycles. The number of aliphatic hydroxyl groups is 1. The van der Waals surface area contributed by atoms with E-state index in [0.29, 0.717) is 13.0 Å². The lowest BCUT2D eigenvalue weighted by atomic mass is 10.1. The summed E-state index contributed by atoms with van der Waals surface area (Å²) < 4.78 is 0. The number of benzene rings is 1. The highest BCUT2D eigenvalue weighted by molar-refractivity contribution is 5.55. The van der Waals surface area contributed by atoms with Gasteiger partial charge < -0.3 is 15.3 Å². The molecule has 0 atom stereocenters. The molecule has 1 rings (SSSR count). The lowest BCUT2D eigenvalue weighted by Crippen LogP contribution is -2.20. The summed E-state index contributed by atoms with van der Waals surface area (Å²) >= 11 is 0. The third-order valence-corrected chi connectivity index (χ3v) is 2.71. The number of rotatable bonds is 7. The SMILES string of the molecule is CNc1ccc([N+](=O)[O-])cc1CN(C)CCCO. The van der Waals surface area contributed by atoms with E-state index in [1.54, 1.807) is 19.2 Å². The Hall–Kier alpha value is -1.66. The van der Waals surface area contributed by atoms with Crippen molar-refractivity contribution in [2.24, 2.45) is 0 Å². The summed E-state index contributed by atoms with van der Waals surface area (Å²) in [5, 5.41) is 22.5. The van der Waals surface area contributed by atoms with E-state index in [1.165, 1.54) is 6.07 Å². The second kappa shape index (κ2) is 6.93. The van der Waals surface area contributed by atoms with Gasteiger partial charge in [-0.15, -0.1) is 0 Å². The number of hydrogen-bond acceptors (Lipinski definition) is 5. The Kier molecular flexibility index (Phi) is 5.54. The van der Waals surface area contributed by atoms with E-state index in [2.05, 4.69) is 5.32 Å². The molecular formula is C12H19N3O3. The van der Waals surface area contributed by atoms with Crippen LogP contribution < -0.4 is 5.32 Å². The molecule has 0 fully saturated rings. The van der Waals surface area contributed by atoms with Crippen molar-refractivity contribution in [3.8, 4) is 0 Å². The van der Waals surface area contributed by atoms with Gasteiger partial charge in [0, 0.05) is 44.6 Å². The van der Waals surface area contributed by atoms with Crippen LogP contribution in [0.1, 0.15) is 12.0 Å². The predicted octanol–water partition coefficient (Wildman–Crippen LogP) is 1.45. The maximum absolute atomic E-state index is 10.7. The Labute approximate surface area is 106 Å². The van der Waals surface area contributed by atoms with Gasteiger partial charge in [0.2, 0.25) is 0 Å². The molecule has 0 aliphatic rings. The Balaban J connectivity index is 2.84. The van der Waals surface area contributed by atoms with Gasteiger partial charge in [-0.2, -0.15) is 0 Å². The molecule has 0 bridgehead atoms. The first-order valence-electron chi connectivity index (χ1n) is 5.83. The van der Waals surface area contributed by atoms with Crippen LogP contribution in [-0.4, -0.2) is 42.2 Å². The summed E-state index contributed by atoms with van der Waals surface area (Å²) in [5.41, 5.74) is 1.86. The van der Waals surface area contributed by atoms with Gasteiger partial charge in [0.15, 0.2) is 0 Å². The minimum Gasteiger partial charge on any atom is -0.396 e. The summed E-state index contributed by atoms with van der Waals surface area (Å²) in [4.78, 5) is 12.4. The molecule has 0 unspecified atom stereocenters. The van der Waals surface area contributed by atoms with Crippen LogP contribution in [0.4, 0.5) is 11.4 Å². The maximum atomic E-state index is 10.7.